The quantitative estimate of drug-likeness (QED) is 0.155. The van der Waals surface area contributed by atoms with Gasteiger partial charge in [-0.1, -0.05) is 68.8 Å². The van der Waals surface area contributed by atoms with E-state index in [1.54, 1.807) is 13.0 Å². The zero-order valence-corrected chi connectivity index (χ0v) is 24.4. The number of carbonyl (C=O) groups excluding carboxylic acids is 3. The molecule has 0 spiro atoms. The summed E-state index contributed by atoms with van der Waals surface area (Å²) in [6.45, 7) is 8.31. The highest BCUT2D eigenvalue weighted by Crippen LogP contribution is 2.36. The molecule has 3 aromatic rings. The highest BCUT2D eigenvalue weighted by atomic mass is 35.5. The van der Waals surface area contributed by atoms with Crippen LogP contribution in [0.2, 0.25) is 5.02 Å². The number of nitrogens with zero attached hydrogens (tertiary/aromatic N) is 1. The third-order valence-corrected chi connectivity index (χ3v) is 6.29. The molecule has 0 bridgehead atoms. The van der Waals surface area contributed by atoms with Crippen LogP contribution in [0.1, 0.15) is 55.9 Å². The Morgan fingerprint density at radius 1 is 0.927 bits per heavy atom. The van der Waals surface area contributed by atoms with E-state index < -0.39 is 11.8 Å². The maximum absolute atomic E-state index is 12.4. The number of anilines is 1. The van der Waals surface area contributed by atoms with Gasteiger partial charge in [-0.3, -0.25) is 14.4 Å². The van der Waals surface area contributed by atoms with Gasteiger partial charge in [0.2, 0.25) is 0 Å². The molecule has 0 unspecified atom stereocenters. The maximum atomic E-state index is 12.4. The predicted molar refractivity (Wildman–Crippen MR) is 161 cm³/mol. The Balaban J connectivity index is 1.54. The van der Waals surface area contributed by atoms with Crippen LogP contribution in [0.5, 0.6) is 11.5 Å². The van der Waals surface area contributed by atoms with E-state index in [0.29, 0.717) is 29.5 Å². The first-order valence-corrected chi connectivity index (χ1v) is 13.8. The van der Waals surface area contributed by atoms with Crippen LogP contribution in [-0.4, -0.2) is 37.1 Å². The predicted octanol–water partition coefficient (Wildman–Crippen LogP) is 5.21. The number of rotatable bonds is 12. The molecule has 3 N–H and O–H groups in total. The van der Waals surface area contributed by atoms with E-state index in [0.717, 1.165) is 12.0 Å². The number of halogens is 1. The van der Waals surface area contributed by atoms with E-state index in [4.69, 9.17) is 21.1 Å². The van der Waals surface area contributed by atoms with Crippen molar-refractivity contribution in [3.05, 3.63) is 87.9 Å². The summed E-state index contributed by atoms with van der Waals surface area (Å²) in [6.07, 6.45) is 2.23. The van der Waals surface area contributed by atoms with Crippen LogP contribution in [0.3, 0.4) is 0 Å². The molecule has 3 amide bonds. The molecule has 0 atom stereocenters. The summed E-state index contributed by atoms with van der Waals surface area (Å²) < 4.78 is 11.3. The molecule has 0 saturated carbocycles. The zero-order valence-electron chi connectivity index (χ0n) is 23.6. The number of hydrogen-bond donors (Lipinski definition) is 3. The summed E-state index contributed by atoms with van der Waals surface area (Å²) in [6, 6.07) is 18.5. The van der Waals surface area contributed by atoms with E-state index >= 15 is 0 Å². The minimum absolute atomic E-state index is 0.185. The van der Waals surface area contributed by atoms with E-state index in [1.165, 1.54) is 23.4 Å². The van der Waals surface area contributed by atoms with Crippen molar-refractivity contribution in [2.24, 2.45) is 5.10 Å². The van der Waals surface area contributed by atoms with Crippen molar-refractivity contribution < 1.29 is 23.9 Å². The van der Waals surface area contributed by atoms with Gasteiger partial charge in [-0.25, -0.2) is 5.43 Å². The Morgan fingerprint density at radius 3 is 2.24 bits per heavy atom. The summed E-state index contributed by atoms with van der Waals surface area (Å²) in [4.78, 5) is 36.7. The standard InChI is InChI=1S/C31H35ClN4O5/c1-5-21-9-13-25(14-10-21)35-28(37)19-41-29-26(32)15-23(16-27(29)40-6-2)18-34-36-31(39)30(38)33-17-22-7-11-24(12-8-22)20(3)4/h7-16,18,20H,5-6,17,19H2,1-4H3,(H,33,38)(H,35,37)(H,36,39)/b34-18-. The number of hydrazone groups is 1. The van der Waals surface area contributed by atoms with Crippen LogP contribution >= 0.6 is 11.6 Å². The molecule has 10 heteroatoms. The number of hydrogen-bond acceptors (Lipinski definition) is 6. The number of ether oxygens (including phenoxy) is 2. The first-order chi connectivity index (χ1) is 19.7. The molecule has 9 nitrogen and oxygen atoms in total. The topological polar surface area (TPSA) is 118 Å². The number of amides is 3. The smallest absolute Gasteiger partial charge is 0.329 e. The van der Waals surface area contributed by atoms with Crippen molar-refractivity contribution in [2.45, 2.75) is 46.6 Å². The maximum Gasteiger partial charge on any atom is 0.329 e. The Labute approximate surface area is 245 Å². The Hall–Kier alpha value is -4.37. The number of aryl methyl sites for hydroxylation is 1. The van der Waals surface area contributed by atoms with Gasteiger partial charge in [-0.15, -0.1) is 0 Å². The van der Waals surface area contributed by atoms with Crippen molar-refractivity contribution in [1.82, 2.24) is 10.7 Å². The number of benzene rings is 3. The van der Waals surface area contributed by atoms with Crippen LogP contribution in [0.4, 0.5) is 5.69 Å². The Bertz CT molecular complexity index is 1370. The van der Waals surface area contributed by atoms with Crippen LogP contribution in [0.25, 0.3) is 0 Å². The van der Waals surface area contributed by atoms with Crippen molar-refractivity contribution >= 4 is 41.2 Å². The first-order valence-electron chi connectivity index (χ1n) is 13.4. The van der Waals surface area contributed by atoms with Crippen molar-refractivity contribution in [1.29, 1.82) is 0 Å². The van der Waals surface area contributed by atoms with Gasteiger partial charge in [0.05, 0.1) is 17.8 Å². The molecule has 0 aliphatic heterocycles. The summed E-state index contributed by atoms with van der Waals surface area (Å²) >= 11 is 6.42. The van der Waals surface area contributed by atoms with E-state index in [1.807, 2.05) is 48.5 Å². The zero-order chi connectivity index (χ0) is 29.8. The van der Waals surface area contributed by atoms with Gasteiger partial charge in [0.25, 0.3) is 5.91 Å². The molecule has 0 radical (unpaired) electrons. The largest absolute Gasteiger partial charge is 0.490 e. The van der Waals surface area contributed by atoms with Gasteiger partial charge < -0.3 is 20.1 Å². The molecular formula is C31H35ClN4O5. The second-order valence-electron chi connectivity index (χ2n) is 9.43. The molecule has 0 saturated heterocycles. The Kier molecular flexibility index (Phi) is 11.7. The number of nitrogens with one attached hydrogen (secondary N) is 3. The fourth-order valence-corrected chi connectivity index (χ4v) is 4.00. The molecular weight excluding hydrogens is 544 g/mol. The molecule has 216 valence electrons. The molecule has 41 heavy (non-hydrogen) atoms. The van der Waals surface area contributed by atoms with Gasteiger partial charge in [-0.05, 0) is 65.8 Å². The van der Waals surface area contributed by atoms with Crippen LogP contribution in [-0.2, 0) is 27.3 Å². The first kappa shape index (κ1) is 31.2. The van der Waals surface area contributed by atoms with Crippen molar-refractivity contribution in [2.75, 3.05) is 18.5 Å². The lowest BCUT2D eigenvalue weighted by Crippen LogP contribution is -2.37. The third-order valence-electron chi connectivity index (χ3n) is 6.01. The molecule has 0 aliphatic carbocycles. The highest BCUT2D eigenvalue weighted by molar-refractivity contribution is 6.35. The Morgan fingerprint density at radius 2 is 1.61 bits per heavy atom. The fraction of sp³-hybridized carbons (Fsp3) is 0.290. The second kappa shape index (κ2) is 15.4. The fourth-order valence-electron chi connectivity index (χ4n) is 3.72. The number of carbonyl (C=O) groups is 3. The molecule has 0 aliphatic rings. The third kappa shape index (κ3) is 9.65. The summed E-state index contributed by atoms with van der Waals surface area (Å²) in [5.74, 6) is -1.17. The van der Waals surface area contributed by atoms with Gasteiger partial charge in [-0.2, -0.15) is 5.10 Å². The summed E-state index contributed by atoms with van der Waals surface area (Å²) in [7, 11) is 0. The highest BCUT2D eigenvalue weighted by Gasteiger charge is 2.15. The van der Waals surface area contributed by atoms with Crippen molar-refractivity contribution in [3.63, 3.8) is 0 Å². The SMILES string of the molecule is CCOc1cc(/C=N\NC(=O)C(=O)NCc2ccc(C(C)C)cc2)cc(Cl)c1OCC(=O)Nc1ccc(CC)cc1. The van der Waals surface area contributed by atoms with Crippen LogP contribution in [0.15, 0.2) is 65.8 Å². The second-order valence-corrected chi connectivity index (χ2v) is 9.84. The van der Waals surface area contributed by atoms with Gasteiger partial charge in [0, 0.05) is 12.2 Å². The van der Waals surface area contributed by atoms with Gasteiger partial charge in [0.1, 0.15) is 0 Å². The summed E-state index contributed by atoms with van der Waals surface area (Å²) in [5, 5.41) is 9.38. The van der Waals surface area contributed by atoms with Gasteiger partial charge in [0.15, 0.2) is 18.1 Å². The van der Waals surface area contributed by atoms with Gasteiger partial charge >= 0.3 is 11.8 Å². The average Bonchev–Trinajstić information content (AvgIpc) is 2.96. The lowest BCUT2D eigenvalue weighted by molar-refractivity contribution is -0.139. The summed E-state index contributed by atoms with van der Waals surface area (Å²) in [5.41, 5.74) is 6.58. The van der Waals surface area contributed by atoms with Crippen molar-refractivity contribution in [3.8, 4) is 11.5 Å². The molecule has 0 heterocycles. The van der Waals surface area contributed by atoms with E-state index in [9.17, 15) is 14.4 Å². The van der Waals surface area contributed by atoms with Crippen LogP contribution < -0.4 is 25.5 Å². The van der Waals surface area contributed by atoms with Crippen LogP contribution in [0, 0.1) is 0 Å². The molecule has 3 aromatic carbocycles. The minimum Gasteiger partial charge on any atom is -0.490 e. The van der Waals surface area contributed by atoms with E-state index in [2.05, 4.69) is 41.9 Å². The molecule has 0 fully saturated rings. The monoisotopic (exact) mass is 578 g/mol. The molecule has 0 aromatic heterocycles. The lowest BCUT2D eigenvalue weighted by atomic mass is 10.0. The molecule has 3 rings (SSSR count). The van der Waals surface area contributed by atoms with E-state index in [-0.39, 0.29) is 29.8 Å². The minimum atomic E-state index is -0.911. The average molecular weight is 579 g/mol. The lowest BCUT2D eigenvalue weighted by Gasteiger charge is -2.14. The normalized spacial score (nSPS) is 10.9.